The molecule has 1 saturated heterocycles. The van der Waals surface area contributed by atoms with Crippen LogP contribution in [0, 0.1) is 5.92 Å². The van der Waals surface area contributed by atoms with Crippen LogP contribution in [0.15, 0.2) is 17.2 Å². The maximum atomic E-state index is 12.7. The van der Waals surface area contributed by atoms with Gasteiger partial charge >= 0.3 is 0 Å². The smallest absolute Gasteiger partial charge is 0.244 e. The molecule has 1 aliphatic heterocycles. The molecule has 108 valence electrons. The lowest BCUT2D eigenvalue weighted by Crippen LogP contribution is -2.44. The molecule has 0 amide bonds. The maximum Gasteiger partial charge on any atom is 0.244 e. The van der Waals surface area contributed by atoms with Crippen LogP contribution in [0.2, 0.25) is 0 Å². The lowest BCUT2D eigenvalue weighted by molar-refractivity contribution is 0.218. The average molecular weight is 286 g/mol. The van der Waals surface area contributed by atoms with Crippen molar-refractivity contribution >= 4 is 10.0 Å². The molecule has 0 radical (unpaired) electrons. The van der Waals surface area contributed by atoms with Gasteiger partial charge in [-0.15, -0.1) is 0 Å². The Morgan fingerprint density at radius 1 is 1.37 bits per heavy atom. The zero-order valence-electron chi connectivity index (χ0n) is 11.7. The lowest BCUT2D eigenvalue weighted by atomic mass is 9.97. The van der Waals surface area contributed by atoms with Crippen molar-refractivity contribution in [3.8, 4) is 0 Å². The SMILES string of the molecule is CC1CCC(C)N(S(=O)(=O)c2cc(CO)n(C)c2)C1. The van der Waals surface area contributed by atoms with Gasteiger partial charge in [0, 0.05) is 31.5 Å². The van der Waals surface area contributed by atoms with Crippen LogP contribution in [0.3, 0.4) is 0 Å². The Labute approximate surface area is 114 Å². The zero-order valence-corrected chi connectivity index (χ0v) is 12.5. The molecule has 0 bridgehead atoms. The van der Waals surface area contributed by atoms with Crippen LogP contribution < -0.4 is 0 Å². The molecule has 0 spiro atoms. The van der Waals surface area contributed by atoms with Crippen molar-refractivity contribution in [3.63, 3.8) is 0 Å². The minimum Gasteiger partial charge on any atom is -0.390 e. The maximum absolute atomic E-state index is 12.7. The normalized spacial score (nSPS) is 25.7. The highest BCUT2D eigenvalue weighted by Gasteiger charge is 2.34. The molecular weight excluding hydrogens is 264 g/mol. The number of nitrogens with zero attached hydrogens (tertiary/aromatic N) is 2. The van der Waals surface area contributed by atoms with Crippen LogP contribution in [0.1, 0.15) is 32.4 Å². The summed E-state index contributed by atoms with van der Waals surface area (Å²) in [6.45, 7) is 4.46. The van der Waals surface area contributed by atoms with Gasteiger partial charge in [-0.05, 0) is 31.7 Å². The van der Waals surface area contributed by atoms with Gasteiger partial charge in [0.1, 0.15) is 4.90 Å². The summed E-state index contributed by atoms with van der Waals surface area (Å²) in [7, 11) is -1.71. The van der Waals surface area contributed by atoms with Gasteiger partial charge in [-0.25, -0.2) is 8.42 Å². The fourth-order valence-corrected chi connectivity index (χ4v) is 4.47. The molecule has 0 saturated carbocycles. The summed E-state index contributed by atoms with van der Waals surface area (Å²) in [5, 5.41) is 9.17. The summed E-state index contributed by atoms with van der Waals surface area (Å²) in [6, 6.07) is 1.60. The average Bonchev–Trinajstić information content (AvgIpc) is 2.74. The van der Waals surface area contributed by atoms with Crippen molar-refractivity contribution in [1.29, 1.82) is 0 Å². The first-order valence-electron chi connectivity index (χ1n) is 6.64. The minimum atomic E-state index is -3.45. The third-order valence-corrected chi connectivity index (χ3v) is 5.86. The number of aliphatic hydroxyl groups excluding tert-OH is 1. The van der Waals surface area contributed by atoms with E-state index in [1.54, 1.807) is 28.2 Å². The number of aryl methyl sites for hydroxylation is 1. The van der Waals surface area contributed by atoms with Gasteiger partial charge in [0.2, 0.25) is 10.0 Å². The van der Waals surface area contributed by atoms with Crippen molar-refractivity contribution in [1.82, 2.24) is 8.87 Å². The zero-order chi connectivity index (χ0) is 14.2. The minimum absolute atomic E-state index is 0.0407. The molecule has 2 heterocycles. The third-order valence-electron chi connectivity index (χ3n) is 3.91. The second-order valence-electron chi connectivity index (χ2n) is 5.54. The van der Waals surface area contributed by atoms with Gasteiger partial charge in [-0.1, -0.05) is 6.92 Å². The summed E-state index contributed by atoms with van der Waals surface area (Å²) in [4.78, 5) is 0.278. The Morgan fingerprint density at radius 3 is 2.63 bits per heavy atom. The van der Waals surface area contributed by atoms with Gasteiger partial charge in [-0.2, -0.15) is 4.31 Å². The van der Waals surface area contributed by atoms with Gasteiger partial charge in [0.05, 0.1) is 6.61 Å². The van der Waals surface area contributed by atoms with Gasteiger partial charge in [0.15, 0.2) is 0 Å². The van der Waals surface area contributed by atoms with Crippen LogP contribution >= 0.6 is 0 Å². The monoisotopic (exact) mass is 286 g/mol. The topological polar surface area (TPSA) is 62.5 Å². The van der Waals surface area contributed by atoms with Crippen molar-refractivity contribution in [2.24, 2.45) is 13.0 Å². The van der Waals surface area contributed by atoms with E-state index in [1.165, 1.54) is 0 Å². The Morgan fingerprint density at radius 2 is 2.05 bits per heavy atom. The van der Waals surface area contributed by atoms with Crippen LogP contribution in [0.25, 0.3) is 0 Å². The molecule has 6 heteroatoms. The van der Waals surface area contributed by atoms with Crippen molar-refractivity contribution in [2.75, 3.05) is 6.54 Å². The van der Waals surface area contributed by atoms with Gasteiger partial charge in [0.25, 0.3) is 0 Å². The summed E-state index contributed by atoms with van der Waals surface area (Å²) in [5.74, 6) is 0.395. The molecule has 1 N–H and O–H groups in total. The van der Waals surface area contributed by atoms with Crippen LogP contribution in [-0.4, -0.2) is 35.0 Å². The Bertz CT molecular complexity index is 550. The van der Waals surface area contributed by atoms with E-state index in [0.717, 1.165) is 12.8 Å². The quantitative estimate of drug-likeness (QED) is 0.911. The van der Waals surface area contributed by atoms with Crippen molar-refractivity contribution in [3.05, 3.63) is 18.0 Å². The predicted octanol–water partition coefficient (Wildman–Crippen LogP) is 1.33. The number of aromatic nitrogens is 1. The molecule has 2 unspecified atom stereocenters. The molecule has 1 aromatic heterocycles. The van der Waals surface area contributed by atoms with Crippen LogP contribution in [0.5, 0.6) is 0 Å². The van der Waals surface area contributed by atoms with Crippen LogP contribution in [-0.2, 0) is 23.7 Å². The molecule has 1 aromatic rings. The number of rotatable bonds is 3. The van der Waals surface area contributed by atoms with E-state index in [0.29, 0.717) is 18.2 Å². The van der Waals surface area contributed by atoms with E-state index < -0.39 is 10.0 Å². The molecule has 1 fully saturated rings. The second kappa shape index (κ2) is 5.26. The van der Waals surface area contributed by atoms with Gasteiger partial charge < -0.3 is 9.67 Å². The molecule has 5 nitrogen and oxygen atoms in total. The first kappa shape index (κ1) is 14.6. The van der Waals surface area contributed by atoms with E-state index in [4.69, 9.17) is 0 Å². The van der Waals surface area contributed by atoms with Gasteiger partial charge in [-0.3, -0.25) is 0 Å². The van der Waals surface area contributed by atoms with E-state index in [1.807, 2.05) is 6.92 Å². The molecule has 2 atom stereocenters. The van der Waals surface area contributed by atoms with E-state index in [2.05, 4.69) is 6.92 Å². The Balaban J connectivity index is 2.35. The first-order chi connectivity index (χ1) is 8.86. The highest BCUT2D eigenvalue weighted by Crippen LogP contribution is 2.28. The van der Waals surface area contributed by atoms with Crippen molar-refractivity contribution < 1.29 is 13.5 Å². The largest absolute Gasteiger partial charge is 0.390 e. The Kier molecular flexibility index (Phi) is 4.03. The molecule has 0 aromatic carbocycles. The number of aliphatic hydroxyl groups is 1. The molecule has 1 aliphatic rings. The summed E-state index contributed by atoms with van der Waals surface area (Å²) in [6.07, 6.45) is 3.55. The fraction of sp³-hybridized carbons (Fsp3) is 0.692. The number of hydrogen-bond acceptors (Lipinski definition) is 3. The second-order valence-corrected chi connectivity index (χ2v) is 7.43. The Hall–Kier alpha value is -0.850. The highest BCUT2D eigenvalue weighted by atomic mass is 32.2. The molecular formula is C13H22N2O3S. The first-order valence-corrected chi connectivity index (χ1v) is 8.08. The molecule has 0 aliphatic carbocycles. The summed E-state index contributed by atoms with van der Waals surface area (Å²) >= 11 is 0. The summed E-state index contributed by atoms with van der Waals surface area (Å²) in [5.41, 5.74) is 0.608. The predicted molar refractivity (Wildman–Crippen MR) is 73.1 cm³/mol. The fourth-order valence-electron chi connectivity index (χ4n) is 2.59. The van der Waals surface area contributed by atoms with E-state index >= 15 is 0 Å². The number of sulfonamides is 1. The molecule has 2 rings (SSSR count). The number of piperidine rings is 1. The summed E-state index contributed by atoms with van der Waals surface area (Å²) < 4.78 is 28.6. The van der Waals surface area contributed by atoms with E-state index in [9.17, 15) is 13.5 Å². The third kappa shape index (κ3) is 2.70. The number of hydrogen-bond donors (Lipinski definition) is 1. The molecule has 19 heavy (non-hydrogen) atoms. The standard InChI is InChI=1S/C13H22N2O3S/c1-10-4-5-11(2)15(7-10)19(17,18)13-6-12(9-16)14(3)8-13/h6,8,10-11,16H,4-5,7,9H2,1-3H3. The van der Waals surface area contributed by atoms with E-state index in [-0.39, 0.29) is 17.5 Å². The van der Waals surface area contributed by atoms with Crippen LogP contribution in [0.4, 0.5) is 0 Å². The van der Waals surface area contributed by atoms with Crippen molar-refractivity contribution in [2.45, 2.75) is 44.2 Å². The highest BCUT2D eigenvalue weighted by molar-refractivity contribution is 7.89. The lowest BCUT2D eigenvalue weighted by Gasteiger charge is -2.35.